The molecule has 0 radical (unpaired) electrons. The number of aryl methyl sites for hydroxylation is 3. The molecule has 0 unspecified atom stereocenters. The van der Waals surface area contributed by atoms with Crippen LogP contribution < -0.4 is 0 Å². The number of Topliss-reactive ketones (excluding diaryl/α,β-unsaturated/α-hetero) is 1. The molecule has 0 aliphatic rings. The van der Waals surface area contributed by atoms with Crippen molar-refractivity contribution in [3.8, 4) is 0 Å². The van der Waals surface area contributed by atoms with E-state index >= 15 is 0 Å². The van der Waals surface area contributed by atoms with E-state index in [1.54, 1.807) is 11.7 Å². The van der Waals surface area contributed by atoms with Crippen LogP contribution in [0.15, 0.2) is 24.5 Å². The van der Waals surface area contributed by atoms with Gasteiger partial charge in [0.15, 0.2) is 0 Å². The van der Waals surface area contributed by atoms with Crippen LogP contribution in [0.5, 0.6) is 0 Å². The number of hydrogen-bond donors (Lipinski definition) is 0. The van der Waals surface area contributed by atoms with Crippen LogP contribution in [-0.4, -0.2) is 20.5 Å². The smallest absolute Gasteiger partial charge is 0.144 e. The van der Waals surface area contributed by atoms with Gasteiger partial charge in [-0.3, -0.25) is 9.48 Å². The molecule has 0 amide bonds. The highest BCUT2D eigenvalue weighted by atomic mass is 16.1. The van der Waals surface area contributed by atoms with Gasteiger partial charge in [-0.15, -0.1) is 0 Å². The summed E-state index contributed by atoms with van der Waals surface area (Å²) in [6.45, 7) is 4.07. The topological polar surface area (TPSA) is 47.8 Å². The molecule has 0 saturated heterocycles. The van der Waals surface area contributed by atoms with E-state index in [2.05, 4.69) is 28.3 Å². The van der Waals surface area contributed by atoms with E-state index in [-0.39, 0.29) is 5.78 Å². The van der Waals surface area contributed by atoms with Crippen molar-refractivity contribution in [2.45, 2.75) is 26.7 Å². The molecule has 0 N–H and O–H groups in total. The molecule has 1 aromatic carbocycles. The van der Waals surface area contributed by atoms with Crippen LogP contribution >= 0.6 is 0 Å². The summed E-state index contributed by atoms with van der Waals surface area (Å²) in [4.78, 5) is 16.1. The number of hydrogen-bond acceptors (Lipinski definition) is 3. The first-order chi connectivity index (χ1) is 8.56. The minimum Gasteiger partial charge on any atom is -0.299 e. The predicted molar refractivity (Wildman–Crippen MR) is 69.3 cm³/mol. The van der Waals surface area contributed by atoms with Gasteiger partial charge in [0, 0.05) is 13.5 Å². The van der Waals surface area contributed by atoms with Gasteiger partial charge in [-0.05, 0) is 25.0 Å². The normalized spacial score (nSPS) is 10.6. The Kier molecular flexibility index (Phi) is 3.55. The van der Waals surface area contributed by atoms with E-state index in [4.69, 9.17) is 0 Å². The van der Waals surface area contributed by atoms with E-state index in [9.17, 15) is 4.79 Å². The number of carbonyl (C=O) groups is 1. The third-order valence-electron chi connectivity index (χ3n) is 3.05. The molecule has 0 fully saturated rings. The second-order valence-corrected chi connectivity index (χ2v) is 4.62. The summed E-state index contributed by atoms with van der Waals surface area (Å²) in [5, 5.41) is 3.96. The summed E-state index contributed by atoms with van der Waals surface area (Å²) in [5.74, 6) is 0.880. The van der Waals surface area contributed by atoms with Crippen molar-refractivity contribution in [2.24, 2.45) is 7.05 Å². The summed E-state index contributed by atoms with van der Waals surface area (Å²) < 4.78 is 1.64. The number of rotatable bonds is 4. The highest BCUT2D eigenvalue weighted by Crippen LogP contribution is 2.12. The Bertz CT molecular complexity index is 572. The van der Waals surface area contributed by atoms with E-state index < -0.39 is 0 Å². The Morgan fingerprint density at radius 1 is 1.28 bits per heavy atom. The molecule has 2 aromatic rings. The second kappa shape index (κ2) is 5.12. The molecule has 2 rings (SSSR count). The minimum absolute atomic E-state index is 0.166. The average molecular weight is 243 g/mol. The van der Waals surface area contributed by atoms with Crippen LogP contribution in [0.2, 0.25) is 0 Å². The molecule has 18 heavy (non-hydrogen) atoms. The summed E-state index contributed by atoms with van der Waals surface area (Å²) in [7, 11) is 1.80. The molecule has 0 bridgehead atoms. The molecule has 94 valence electrons. The molecule has 0 atom stereocenters. The Hall–Kier alpha value is -1.97. The molecule has 1 heterocycles. The van der Waals surface area contributed by atoms with Gasteiger partial charge in [0.05, 0.1) is 6.42 Å². The van der Waals surface area contributed by atoms with Crippen LogP contribution in [0.1, 0.15) is 22.5 Å². The van der Waals surface area contributed by atoms with Crippen LogP contribution in [0, 0.1) is 13.8 Å². The maximum atomic E-state index is 12.0. The van der Waals surface area contributed by atoms with Crippen molar-refractivity contribution in [3.63, 3.8) is 0 Å². The van der Waals surface area contributed by atoms with Gasteiger partial charge in [0.2, 0.25) is 0 Å². The molecule has 0 spiro atoms. The predicted octanol–water partition coefficient (Wildman–Crippen LogP) is 1.79. The Morgan fingerprint density at radius 3 is 2.72 bits per heavy atom. The molecule has 0 aliphatic carbocycles. The Balaban J connectivity index is 2.08. The van der Waals surface area contributed by atoms with Crippen molar-refractivity contribution in [3.05, 3.63) is 47.0 Å². The van der Waals surface area contributed by atoms with Crippen molar-refractivity contribution in [1.29, 1.82) is 0 Å². The Labute approximate surface area is 107 Å². The molecular formula is C14H17N3O. The van der Waals surface area contributed by atoms with Crippen molar-refractivity contribution >= 4 is 5.78 Å². The quantitative estimate of drug-likeness (QED) is 0.822. The van der Waals surface area contributed by atoms with E-state index in [1.165, 1.54) is 11.9 Å². The highest BCUT2D eigenvalue weighted by molar-refractivity contribution is 5.82. The fourth-order valence-corrected chi connectivity index (χ4v) is 1.92. The lowest BCUT2D eigenvalue weighted by molar-refractivity contribution is -0.117. The lowest BCUT2D eigenvalue weighted by atomic mass is 10.00. The lowest BCUT2D eigenvalue weighted by Gasteiger charge is -2.06. The van der Waals surface area contributed by atoms with E-state index in [1.807, 2.05) is 13.8 Å². The first-order valence-electron chi connectivity index (χ1n) is 5.97. The highest BCUT2D eigenvalue weighted by Gasteiger charge is 2.10. The standard InChI is InChI=1S/C14H17N3O/c1-10-4-5-11(2)12(6-10)7-13(18)8-14-15-9-16-17(14)3/h4-6,9H,7-8H2,1-3H3. The van der Waals surface area contributed by atoms with Gasteiger partial charge >= 0.3 is 0 Å². The third kappa shape index (κ3) is 2.83. The zero-order chi connectivity index (χ0) is 13.1. The average Bonchev–Trinajstić information content (AvgIpc) is 2.70. The van der Waals surface area contributed by atoms with E-state index in [0.29, 0.717) is 18.7 Å². The van der Waals surface area contributed by atoms with Crippen molar-refractivity contribution < 1.29 is 4.79 Å². The zero-order valence-electron chi connectivity index (χ0n) is 11.0. The molecular weight excluding hydrogens is 226 g/mol. The van der Waals surface area contributed by atoms with Crippen LogP contribution in [-0.2, 0) is 24.7 Å². The Morgan fingerprint density at radius 2 is 2.06 bits per heavy atom. The van der Waals surface area contributed by atoms with Crippen LogP contribution in [0.4, 0.5) is 0 Å². The second-order valence-electron chi connectivity index (χ2n) is 4.62. The van der Waals surface area contributed by atoms with Gasteiger partial charge in [-0.2, -0.15) is 5.10 Å². The summed E-state index contributed by atoms with van der Waals surface area (Å²) in [6, 6.07) is 6.19. The van der Waals surface area contributed by atoms with Crippen molar-refractivity contribution in [2.75, 3.05) is 0 Å². The van der Waals surface area contributed by atoms with E-state index in [0.717, 1.165) is 11.1 Å². The largest absolute Gasteiger partial charge is 0.299 e. The summed E-state index contributed by atoms with van der Waals surface area (Å²) in [5.41, 5.74) is 3.44. The van der Waals surface area contributed by atoms with Gasteiger partial charge in [-0.1, -0.05) is 23.8 Å². The first kappa shape index (κ1) is 12.5. The monoisotopic (exact) mass is 243 g/mol. The zero-order valence-corrected chi connectivity index (χ0v) is 11.0. The first-order valence-corrected chi connectivity index (χ1v) is 5.97. The van der Waals surface area contributed by atoms with Crippen LogP contribution in [0.3, 0.4) is 0 Å². The molecule has 0 aliphatic heterocycles. The number of benzene rings is 1. The van der Waals surface area contributed by atoms with Gasteiger partial charge < -0.3 is 0 Å². The maximum absolute atomic E-state index is 12.0. The molecule has 4 heteroatoms. The summed E-state index contributed by atoms with van der Waals surface area (Å²) in [6.07, 6.45) is 2.27. The molecule has 0 saturated carbocycles. The number of carbonyl (C=O) groups excluding carboxylic acids is 1. The third-order valence-corrected chi connectivity index (χ3v) is 3.05. The SMILES string of the molecule is Cc1ccc(C)c(CC(=O)Cc2ncnn2C)c1. The number of nitrogens with zero attached hydrogens (tertiary/aromatic N) is 3. The van der Waals surface area contributed by atoms with Gasteiger partial charge in [0.25, 0.3) is 0 Å². The van der Waals surface area contributed by atoms with Crippen molar-refractivity contribution in [1.82, 2.24) is 14.8 Å². The fraction of sp³-hybridized carbons (Fsp3) is 0.357. The fourth-order valence-electron chi connectivity index (χ4n) is 1.92. The van der Waals surface area contributed by atoms with Gasteiger partial charge in [-0.25, -0.2) is 4.98 Å². The summed E-state index contributed by atoms with van der Waals surface area (Å²) >= 11 is 0. The number of aromatic nitrogens is 3. The lowest BCUT2D eigenvalue weighted by Crippen LogP contribution is -2.11. The van der Waals surface area contributed by atoms with Gasteiger partial charge in [0.1, 0.15) is 17.9 Å². The minimum atomic E-state index is 0.166. The molecule has 4 nitrogen and oxygen atoms in total. The number of ketones is 1. The molecule has 1 aromatic heterocycles. The maximum Gasteiger partial charge on any atom is 0.144 e. The van der Waals surface area contributed by atoms with Crippen LogP contribution in [0.25, 0.3) is 0 Å².